The van der Waals surface area contributed by atoms with E-state index in [0.717, 1.165) is 0 Å². The molecule has 0 saturated carbocycles. The maximum Gasteiger partial charge on any atom is 0.304 e. The lowest BCUT2D eigenvalue weighted by atomic mass is 10.1. The molecule has 0 unspecified atom stereocenters. The van der Waals surface area contributed by atoms with Gasteiger partial charge in [-0.25, -0.2) is 4.39 Å². The van der Waals surface area contributed by atoms with E-state index in [1.54, 1.807) is 12.1 Å². The van der Waals surface area contributed by atoms with E-state index in [0.29, 0.717) is 18.7 Å². The molecule has 1 rings (SSSR count). The molecular weight excluding hydrogens is 257 g/mol. The summed E-state index contributed by atoms with van der Waals surface area (Å²) in [7, 11) is 0. The van der Waals surface area contributed by atoms with Crippen LogP contribution in [-0.2, 0) is 11.3 Å². The Morgan fingerprint density at radius 3 is 2.72 bits per heavy atom. The van der Waals surface area contributed by atoms with Crippen LogP contribution in [0, 0.1) is 5.82 Å². The number of carboxylic acids is 1. The first-order valence-electron chi connectivity index (χ1n) is 5.80. The van der Waals surface area contributed by atoms with Crippen molar-refractivity contribution >= 4 is 17.6 Å². The first-order valence-corrected chi connectivity index (χ1v) is 6.18. The minimum Gasteiger partial charge on any atom is -0.481 e. The number of halogens is 2. The molecule has 1 aromatic rings. The van der Waals surface area contributed by atoms with Crippen LogP contribution in [0.2, 0.25) is 5.02 Å². The summed E-state index contributed by atoms with van der Waals surface area (Å²) < 4.78 is 13.3. The second-order valence-corrected chi connectivity index (χ2v) is 4.80. The Kier molecular flexibility index (Phi) is 5.56. The molecule has 0 heterocycles. The Morgan fingerprint density at radius 2 is 2.17 bits per heavy atom. The topological polar surface area (TPSA) is 40.5 Å². The SMILES string of the molecule is CC(C)N(CCC(=O)O)Cc1cccc(F)c1Cl. The van der Waals surface area contributed by atoms with Crippen LogP contribution >= 0.6 is 11.6 Å². The van der Waals surface area contributed by atoms with Gasteiger partial charge in [0.15, 0.2) is 0 Å². The van der Waals surface area contributed by atoms with Crippen molar-refractivity contribution in [3.8, 4) is 0 Å². The smallest absolute Gasteiger partial charge is 0.304 e. The minimum absolute atomic E-state index is 0.0606. The molecule has 1 N–H and O–H groups in total. The molecule has 0 aromatic heterocycles. The Morgan fingerprint density at radius 1 is 1.50 bits per heavy atom. The standard InChI is InChI=1S/C13H17ClFNO2/c1-9(2)16(7-6-12(17)18)8-10-4-3-5-11(15)13(10)14/h3-5,9H,6-8H2,1-2H3,(H,17,18). The van der Waals surface area contributed by atoms with Gasteiger partial charge >= 0.3 is 5.97 Å². The van der Waals surface area contributed by atoms with Crippen molar-refractivity contribution in [1.82, 2.24) is 4.90 Å². The molecule has 0 fully saturated rings. The Labute approximate surface area is 111 Å². The largest absolute Gasteiger partial charge is 0.481 e. The highest BCUT2D eigenvalue weighted by molar-refractivity contribution is 6.31. The average Bonchev–Trinajstić information content (AvgIpc) is 2.29. The summed E-state index contributed by atoms with van der Waals surface area (Å²) in [6, 6.07) is 4.83. The van der Waals surface area contributed by atoms with E-state index in [9.17, 15) is 9.18 Å². The van der Waals surface area contributed by atoms with Crippen LogP contribution in [0.15, 0.2) is 18.2 Å². The van der Waals surface area contributed by atoms with Crippen molar-refractivity contribution in [3.63, 3.8) is 0 Å². The highest BCUT2D eigenvalue weighted by Gasteiger charge is 2.14. The monoisotopic (exact) mass is 273 g/mol. The molecule has 100 valence electrons. The van der Waals surface area contributed by atoms with Crippen LogP contribution in [0.4, 0.5) is 4.39 Å². The lowest BCUT2D eigenvalue weighted by Gasteiger charge is -2.26. The van der Waals surface area contributed by atoms with Crippen molar-refractivity contribution in [2.75, 3.05) is 6.54 Å². The third kappa shape index (κ3) is 4.27. The summed E-state index contributed by atoms with van der Waals surface area (Å²) in [6.07, 6.45) is 0.0606. The summed E-state index contributed by atoms with van der Waals surface area (Å²) in [4.78, 5) is 12.5. The first-order chi connectivity index (χ1) is 8.41. The summed E-state index contributed by atoms with van der Waals surface area (Å²) in [5.41, 5.74) is 0.677. The predicted octanol–water partition coefficient (Wildman–Crippen LogP) is 3.16. The zero-order chi connectivity index (χ0) is 13.7. The van der Waals surface area contributed by atoms with E-state index < -0.39 is 11.8 Å². The predicted molar refractivity (Wildman–Crippen MR) is 69.2 cm³/mol. The first kappa shape index (κ1) is 14.9. The average molecular weight is 274 g/mol. The molecule has 0 atom stereocenters. The Balaban J connectivity index is 2.77. The van der Waals surface area contributed by atoms with Gasteiger partial charge in [0.1, 0.15) is 5.82 Å². The molecule has 0 radical (unpaired) electrons. The molecule has 3 nitrogen and oxygen atoms in total. The van der Waals surface area contributed by atoms with Gasteiger partial charge in [-0.05, 0) is 25.5 Å². The van der Waals surface area contributed by atoms with E-state index in [1.165, 1.54) is 6.07 Å². The molecule has 0 spiro atoms. The zero-order valence-electron chi connectivity index (χ0n) is 10.5. The van der Waals surface area contributed by atoms with E-state index in [2.05, 4.69) is 0 Å². The van der Waals surface area contributed by atoms with Crippen LogP contribution in [-0.4, -0.2) is 28.6 Å². The summed E-state index contributed by atoms with van der Waals surface area (Å²) in [5.74, 6) is -1.29. The molecule has 0 amide bonds. The molecule has 0 bridgehead atoms. The molecule has 0 aliphatic carbocycles. The molecular formula is C13H17ClFNO2. The van der Waals surface area contributed by atoms with Crippen molar-refractivity contribution in [2.24, 2.45) is 0 Å². The van der Waals surface area contributed by atoms with Gasteiger partial charge < -0.3 is 5.11 Å². The van der Waals surface area contributed by atoms with E-state index in [4.69, 9.17) is 16.7 Å². The van der Waals surface area contributed by atoms with Gasteiger partial charge in [0.2, 0.25) is 0 Å². The van der Waals surface area contributed by atoms with Gasteiger partial charge in [-0.3, -0.25) is 9.69 Å². The van der Waals surface area contributed by atoms with Crippen LogP contribution in [0.5, 0.6) is 0 Å². The number of benzene rings is 1. The summed E-state index contributed by atoms with van der Waals surface area (Å²) in [5, 5.41) is 8.81. The van der Waals surface area contributed by atoms with Crippen molar-refractivity contribution < 1.29 is 14.3 Å². The molecule has 1 aromatic carbocycles. The molecule has 0 aliphatic heterocycles. The van der Waals surface area contributed by atoms with Gasteiger partial charge in [-0.2, -0.15) is 0 Å². The number of hydrogen-bond acceptors (Lipinski definition) is 2. The summed E-state index contributed by atoms with van der Waals surface area (Å²) in [6.45, 7) is 4.80. The van der Waals surface area contributed by atoms with Gasteiger partial charge in [-0.15, -0.1) is 0 Å². The van der Waals surface area contributed by atoms with Crippen LogP contribution < -0.4 is 0 Å². The molecule has 5 heteroatoms. The second kappa shape index (κ2) is 6.71. The molecule has 0 saturated heterocycles. The maximum atomic E-state index is 13.3. The number of aliphatic carboxylic acids is 1. The third-order valence-corrected chi connectivity index (χ3v) is 3.17. The lowest BCUT2D eigenvalue weighted by Crippen LogP contribution is -2.32. The van der Waals surface area contributed by atoms with E-state index in [-0.39, 0.29) is 17.5 Å². The number of carboxylic acid groups (broad SMARTS) is 1. The second-order valence-electron chi connectivity index (χ2n) is 4.42. The number of hydrogen-bond donors (Lipinski definition) is 1. The summed E-state index contributed by atoms with van der Waals surface area (Å²) >= 11 is 5.89. The number of nitrogens with zero attached hydrogens (tertiary/aromatic N) is 1. The minimum atomic E-state index is -0.842. The van der Waals surface area contributed by atoms with Gasteiger partial charge in [0.25, 0.3) is 0 Å². The normalized spacial score (nSPS) is 11.2. The fourth-order valence-electron chi connectivity index (χ4n) is 1.65. The third-order valence-electron chi connectivity index (χ3n) is 2.75. The van der Waals surface area contributed by atoms with Crippen LogP contribution in [0.1, 0.15) is 25.8 Å². The van der Waals surface area contributed by atoms with Crippen molar-refractivity contribution in [3.05, 3.63) is 34.6 Å². The van der Waals surface area contributed by atoms with Crippen LogP contribution in [0.3, 0.4) is 0 Å². The quantitative estimate of drug-likeness (QED) is 0.865. The highest BCUT2D eigenvalue weighted by Crippen LogP contribution is 2.21. The lowest BCUT2D eigenvalue weighted by molar-refractivity contribution is -0.137. The molecule has 18 heavy (non-hydrogen) atoms. The van der Waals surface area contributed by atoms with Crippen molar-refractivity contribution in [2.45, 2.75) is 32.9 Å². The fraction of sp³-hybridized carbons (Fsp3) is 0.462. The number of carbonyl (C=O) groups is 1. The Bertz CT molecular complexity index is 423. The maximum absolute atomic E-state index is 13.3. The van der Waals surface area contributed by atoms with Gasteiger partial charge in [-0.1, -0.05) is 23.7 Å². The highest BCUT2D eigenvalue weighted by atomic mass is 35.5. The molecule has 0 aliphatic rings. The van der Waals surface area contributed by atoms with E-state index >= 15 is 0 Å². The van der Waals surface area contributed by atoms with Gasteiger partial charge in [0, 0.05) is 19.1 Å². The number of rotatable bonds is 6. The van der Waals surface area contributed by atoms with Crippen LogP contribution in [0.25, 0.3) is 0 Å². The zero-order valence-corrected chi connectivity index (χ0v) is 11.2. The Hall–Kier alpha value is -1.13. The van der Waals surface area contributed by atoms with Crippen molar-refractivity contribution in [1.29, 1.82) is 0 Å². The fourth-order valence-corrected chi connectivity index (χ4v) is 1.83. The van der Waals surface area contributed by atoms with Gasteiger partial charge in [0.05, 0.1) is 11.4 Å². The van der Waals surface area contributed by atoms with E-state index in [1.807, 2.05) is 18.7 Å².